The number of fused-ring (bicyclic) bond motifs is 1. The maximum Gasteiger partial charge on any atom is 0.339 e. The van der Waals surface area contributed by atoms with Crippen LogP contribution in [-0.2, 0) is 4.79 Å². The maximum absolute atomic E-state index is 11.7. The molecule has 1 atom stereocenters. The van der Waals surface area contributed by atoms with E-state index in [-0.39, 0.29) is 22.5 Å². The van der Waals surface area contributed by atoms with Crippen LogP contribution in [-0.4, -0.2) is 47.6 Å². The minimum absolute atomic E-state index is 0.145. The summed E-state index contributed by atoms with van der Waals surface area (Å²) in [7, 11) is 0. The van der Waals surface area contributed by atoms with E-state index in [1.165, 1.54) is 0 Å². The van der Waals surface area contributed by atoms with Crippen LogP contribution in [0.1, 0.15) is 23.2 Å². The number of carbonyl (C=O) groups is 2. The summed E-state index contributed by atoms with van der Waals surface area (Å²) in [4.78, 5) is 27.0. The van der Waals surface area contributed by atoms with E-state index >= 15 is 0 Å². The van der Waals surface area contributed by atoms with Gasteiger partial charge in [-0.3, -0.25) is 4.79 Å². The molecule has 0 radical (unpaired) electrons. The summed E-state index contributed by atoms with van der Waals surface area (Å²) in [6.07, 6.45) is 1.44. The highest BCUT2D eigenvalue weighted by Gasteiger charge is 2.36. The number of rotatable bonds is 2. The fourth-order valence-corrected chi connectivity index (χ4v) is 3.32. The predicted molar refractivity (Wildman–Crippen MR) is 75.4 cm³/mol. The van der Waals surface area contributed by atoms with Crippen LogP contribution < -0.4 is 4.90 Å². The van der Waals surface area contributed by atoms with Gasteiger partial charge in [0.2, 0.25) is 5.91 Å². The summed E-state index contributed by atoms with van der Waals surface area (Å²) in [6, 6.07) is 5.32. The molecule has 0 spiro atoms. The first-order chi connectivity index (χ1) is 9.58. The summed E-state index contributed by atoms with van der Waals surface area (Å²) >= 11 is 6.01. The summed E-state index contributed by atoms with van der Waals surface area (Å²) < 4.78 is 0. The smallest absolute Gasteiger partial charge is 0.339 e. The van der Waals surface area contributed by atoms with E-state index in [1.807, 2.05) is 9.80 Å². The first kappa shape index (κ1) is 13.2. The Morgan fingerprint density at radius 2 is 2.15 bits per heavy atom. The van der Waals surface area contributed by atoms with Crippen LogP contribution in [0.3, 0.4) is 0 Å². The van der Waals surface area contributed by atoms with Crippen molar-refractivity contribution in [1.82, 2.24) is 4.90 Å². The Bertz CT molecular complexity index is 576. The van der Waals surface area contributed by atoms with Gasteiger partial charge in [0.05, 0.1) is 10.7 Å². The molecule has 5 nitrogen and oxygen atoms in total. The molecular formula is C14H15ClN2O3. The van der Waals surface area contributed by atoms with Gasteiger partial charge in [-0.25, -0.2) is 4.79 Å². The number of hydrogen-bond acceptors (Lipinski definition) is 3. The molecule has 0 aliphatic carbocycles. The highest BCUT2D eigenvalue weighted by molar-refractivity contribution is 6.34. The second kappa shape index (κ2) is 4.98. The molecule has 0 bridgehead atoms. The van der Waals surface area contributed by atoms with E-state index in [0.717, 1.165) is 6.42 Å². The van der Waals surface area contributed by atoms with Crippen molar-refractivity contribution in [1.29, 1.82) is 0 Å². The summed E-state index contributed by atoms with van der Waals surface area (Å²) in [5, 5.41) is 9.58. The molecular weight excluding hydrogens is 280 g/mol. The number of benzene rings is 1. The molecule has 1 N–H and O–H groups in total. The van der Waals surface area contributed by atoms with Crippen molar-refractivity contribution in [3.8, 4) is 0 Å². The molecule has 0 aromatic heterocycles. The molecule has 1 unspecified atom stereocenters. The number of halogens is 1. The largest absolute Gasteiger partial charge is 0.478 e. The molecule has 20 heavy (non-hydrogen) atoms. The number of anilines is 1. The lowest BCUT2D eigenvalue weighted by molar-refractivity contribution is -0.129. The van der Waals surface area contributed by atoms with E-state index in [4.69, 9.17) is 11.6 Å². The van der Waals surface area contributed by atoms with E-state index in [9.17, 15) is 14.7 Å². The first-order valence-corrected chi connectivity index (χ1v) is 7.02. The maximum atomic E-state index is 11.7. The van der Waals surface area contributed by atoms with Gasteiger partial charge < -0.3 is 14.9 Å². The lowest BCUT2D eigenvalue weighted by Gasteiger charge is -2.39. The molecule has 1 aromatic rings. The van der Waals surface area contributed by atoms with Crippen molar-refractivity contribution in [3.05, 3.63) is 28.8 Å². The van der Waals surface area contributed by atoms with Gasteiger partial charge in [0, 0.05) is 32.1 Å². The number of amides is 1. The normalized spacial score (nSPS) is 22.1. The van der Waals surface area contributed by atoms with Gasteiger partial charge in [0.25, 0.3) is 0 Å². The van der Waals surface area contributed by atoms with Crippen molar-refractivity contribution in [3.63, 3.8) is 0 Å². The Kier molecular flexibility index (Phi) is 3.30. The van der Waals surface area contributed by atoms with E-state index in [0.29, 0.717) is 31.7 Å². The van der Waals surface area contributed by atoms with Crippen molar-refractivity contribution in [2.45, 2.75) is 18.9 Å². The van der Waals surface area contributed by atoms with Gasteiger partial charge in [-0.2, -0.15) is 0 Å². The van der Waals surface area contributed by atoms with Gasteiger partial charge in [0.1, 0.15) is 5.56 Å². The Morgan fingerprint density at radius 3 is 2.90 bits per heavy atom. The quantitative estimate of drug-likeness (QED) is 0.904. The van der Waals surface area contributed by atoms with Crippen molar-refractivity contribution >= 4 is 29.2 Å². The first-order valence-electron chi connectivity index (χ1n) is 6.64. The number of carboxylic acid groups (broad SMARTS) is 1. The number of carbonyl (C=O) groups excluding carboxylic acids is 1. The molecule has 2 fully saturated rings. The zero-order valence-corrected chi connectivity index (χ0v) is 11.6. The Labute approximate surface area is 121 Å². The topological polar surface area (TPSA) is 60.9 Å². The molecule has 1 aromatic carbocycles. The second-order valence-electron chi connectivity index (χ2n) is 5.16. The number of nitrogens with zero attached hydrogens (tertiary/aromatic N) is 2. The van der Waals surface area contributed by atoms with Gasteiger partial charge in [0.15, 0.2) is 0 Å². The zero-order valence-electron chi connectivity index (χ0n) is 10.9. The summed E-state index contributed by atoms with van der Waals surface area (Å²) in [5.74, 6) is -0.810. The molecule has 2 saturated heterocycles. The highest BCUT2D eigenvalue weighted by atomic mass is 35.5. The monoisotopic (exact) mass is 294 g/mol. The molecule has 6 heteroatoms. The lowest BCUT2D eigenvalue weighted by Crippen LogP contribution is -2.51. The average molecular weight is 295 g/mol. The van der Waals surface area contributed by atoms with E-state index in [1.54, 1.807) is 18.2 Å². The van der Waals surface area contributed by atoms with Gasteiger partial charge in [-0.1, -0.05) is 17.7 Å². The Morgan fingerprint density at radius 1 is 1.35 bits per heavy atom. The highest BCUT2D eigenvalue weighted by Crippen LogP contribution is 2.31. The fourth-order valence-electron chi connectivity index (χ4n) is 3.07. The number of aromatic carboxylic acids is 1. The van der Waals surface area contributed by atoms with Gasteiger partial charge in [-0.15, -0.1) is 0 Å². The number of piperazine rings is 1. The van der Waals surface area contributed by atoms with Crippen LogP contribution in [0.4, 0.5) is 5.69 Å². The van der Waals surface area contributed by atoms with E-state index in [2.05, 4.69) is 0 Å². The zero-order chi connectivity index (χ0) is 14.3. The summed E-state index contributed by atoms with van der Waals surface area (Å²) in [6.45, 7) is 1.96. The Hall–Kier alpha value is -1.75. The molecule has 106 valence electrons. The van der Waals surface area contributed by atoms with Crippen molar-refractivity contribution < 1.29 is 14.7 Å². The third kappa shape index (κ3) is 2.12. The molecule has 2 aliphatic rings. The van der Waals surface area contributed by atoms with Crippen molar-refractivity contribution in [2.75, 3.05) is 24.5 Å². The minimum Gasteiger partial charge on any atom is -0.478 e. The SMILES string of the molecule is O=C(O)c1c(Cl)cccc1N1CCN2C(=O)CCC2C1. The van der Waals surface area contributed by atoms with Crippen LogP contribution in [0.2, 0.25) is 5.02 Å². The van der Waals surface area contributed by atoms with E-state index < -0.39 is 5.97 Å². The van der Waals surface area contributed by atoms with Gasteiger partial charge >= 0.3 is 5.97 Å². The third-order valence-electron chi connectivity index (χ3n) is 4.04. The predicted octanol–water partition coefficient (Wildman–Crippen LogP) is 1.85. The standard InChI is InChI=1S/C14H15ClN2O3/c15-10-2-1-3-11(13(10)14(19)20)16-6-7-17-9(8-16)4-5-12(17)18/h1-3,9H,4-8H2,(H,19,20). The van der Waals surface area contributed by atoms with Crippen LogP contribution >= 0.6 is 11.6 Å². The lowest BCUT2D eigenvalue weighted by atomic mass is 10.1. The van der Waals surface area contributed by atoms with Crippen molar-refractivity contribution in [2.24, 2.45) is 0 Å². The molecule has 2 heterocycles. The van der Waals surface area contributed by atoms with Crippen LogP contribution in [0.5, 0.6) is 0 Å². The van der Waals surface area contributed by atoms with Gasteiger partial charge in [-0.05, 0) is 18.6 Å². The Balaban J connectivity index is 1.89. The summed E-state index contributed by atoms with van der Waals surface area (Å²) in [5.41, 5.74) is 0.788. The fraction of sp³-hybridized carbons (Fsp3) is 0.429. The third-order valence-corrected chi connectivity index (χ3v) is 4.36. The number of hydrogen-bond donors (Lipinski definition) is 1. The minimum atomic E-state index is -1.02. The molecule has 2 aliphatic heterocycles. The van der Waals surface area contributed by atoms with Crippen LogP contribution in [0.15, 0.2) is 18.2 Å². The second-order valence-corrected chi connectivity index (χ2v) is 5.57. The molecule has 1 amide bonds. The van der Waals surface area contributed by atoms with Crippen LogP contribution in [0, 0.1) is 0 Å². The molecule has 0 saturated carbocycles. The molecule has 3 rings (SSSR count). The van der Waals surface area contributed by atoms with Crippen LogP contribution in [0.25, 0.3) is 0 Å². The number of carboxylic acids is 1. The average Bonchev–Trinajstić information content (AvgIpc) is 2.79.